The molecule has 5 nitrogen and oxygen atoms in total. The van der Waals surface area contributed by atoms with Gasteiger partial charge < -0.3 is 16.6 Å². The van der Waals surface area contributed by atoms with Crippen LogP contribution in [0.2, 0.25) is 0 Å². The summed E-state index contributed by atoms with van der Waals surface area (Å²) in [5.74, 6) is -0.463. The molecule has 0 saturated heterocycles. The number of methoxy groups -OCH3 is 1. The van der Waals surface area contributed by atoms with Crippen LogP contribution in [-0.4, -0.2) is 18.1 Å². The Bertz CT molecular complexity index is 566. The molecule has 1 heterocycles. The van der Waals surface area contributed by atoms with Crippen LogP contribution in [0.4, 0.5) is 5.13 Å². The molecule has 1 aromatic carbocycles. The lowest BCUT2D eigenvalue weighted by Crippen LogP contribution is -2.03. The fourth-order valence-corrected chi connectivity index (χ4v) is 2.37. The number of hydrogen-bond acceptors (Lipinski definition) is 6. The molecule has 0 aliphatic heterocycles. The Morgan fingerprint density at radius 1 is 1.44 bits per heavy atom. The lowest BCUT2D eigenvalue weighted by atomic mass is 10.1. The van der Waals surface area contributed by atoms with Gasteiger partial charge >= 0.3 is 5.97 Å². The molecule has 0 aliphatic rings. The van der Waals surface area contributed by atoms with Gasteiger partial charge in [-0.05, 0) is 12.5 Å². The van der Waals surface area contributed by atoms with Crippen LogP contribution in [0.5, 0.6) is 0 Å². The van der Waals surface area contributed by atoms with Gasteiger partial charge in [0.15, 0.2) is 10.8 Å². The molecule has 0 unspecified atom stereocenters. The summed E-state index contributed by atoms with van der Waals surface area (Å²) in [6.45, 7) is 1.99. The van der Waals surface area contributed by atoms with Crippen molar-refractivity contribution < 1.29 is 9.53 Å². The van der Waals surface area contributed by atoms with E-state index in [1.807, 2.05) is 31.2 Å². The van der Waals surface area contributed by atoms with E-state index in [-0.39, 0.29) is 11.8 Å². The number of nitrogens with two attached hydrogens (primary N) is 1. The summed E-state index contributed by atoms with van der Waals surface area (Å²) in [4.78, 5) is 16.3. The second-order valence-electron chi connectivity index (χ2n) is 3.59. The van der Waals surface area contributed by atoms with Gasteiger partial charge in [-0.2, -0.15) is 0 Å². The lowest BCUT2D eigenvalue weighted by Gasteiger charge is -2.01. The molecule has 18 heavy (non-hydrogen) atoms. The number of aryl methyl sites for hydroxylation is 1. The van der Waals surface area contributed by atoms with Crippen molar-refractivity contribution in [3.8, 4) is 10.4 Å². The van der Waals surface area contributed by atoms with Crippen molar-refractivity contribution in [3.63, 3.8) is 0 Å². The van der Waals surface area contributed by atoms with Crippen LogP contribution in [0.15, 0.2) is 24.3 Å². The topological polar surface area (TPSA) is 100 Å². The Hall–Kier alpha value is -1.92. The van der Waals surface area contributed by atoms with Crippen molar-refractivity contribution in [2.24, 2.45) is 0 Å². The average molecular weight is 265 g/mol. The van der Waals surface area contributed by atoms with Crippen molar-refractivity contribution in [1.29, 1.82) is 0 Å². The molecule has 0 amide bonds. The van der Waals surface area contributed by atoms with Gasteiger partial charge in [-0.25, -0.2) is 9.78 Å². The van der Waals surface area contributed by atoms with E-state index >= 15 is 0 Å². The zero-order valence-electron chi connectivity index (χ0n) is 10.3. The number of ether oxygens (including phenoxy) is 1. The summed E-state index contributed by atoms with van der Waals surface area (Å²) in [5, 5.41) is 0.363. The highest BCUT2D eigenvalue weighted by Gasteiger charge is 2.19. The third kappa shape index (κ3) is 2.66. The van der Waals surface area contributed by atoms with Gasteiger partial charge in [0.1, 0.15) is 0 Å². The number of benzene rings is 1. The molecule has 1 aromatic heterocycles. The minimum Gasteiger partial charge on any atom is -0.464 e. The minimum absolute atomic E-state index is 0. The number of hydrogen-bond donors (Lipinski definition) is 2. The maximum Gasteiger partial charge on any atom is 0.358 e. The Labute approximate surface area is 109 Å². The Kier molecular flexibility index (Phi) is 4.41. The summed E-state index contributed by atoms with van der Waals surface area (Å²) in [6.07, 6.45) is 0. The molecule has 0 aliphatic carbocycles. The first-order valence-electron chi connectivity index (χ1n) is 5.03. The number of anilines is 1. The number of esters is 1. The minimum atomic E-state index is -0.463. The van der Waals surface area contributed by atoms with E-state index in [0.717, 1.165) is 16.0 Å². The number of carbonyl (C=O) groups excluding carboxylic acids is 1. The van der Waals surface area contributed by atoms with Crippen LogP contribution in [0, 0.1) is 6.92 Å². The lowest BCUT2D eigenvalue weighted by molar-refractivity contribution is 0.0596. The van der Waals surface area contributed by atoms with E-state index in [4.69, 9.17) is 10.5 Å². The zero-order valence-corrected chi connectivity index (χ0v) is 11.1. The van der Waals surface area contributed by atoms with Gasteiger partial charge in [-0.15, -0.1) is 0 Å². The first-order valence-corrected chi connectivity index (χ1v) is 5.85. The van der Waals surface area contributed by atoms with Crippen molar-refractivity contribution >= 4 is 22.4 Å². The maximum atomic E-state index is 11.6. The van der Waals surface area contributed by atoms with E-state index in [1.165, 1.54) is 18.4 Å². The highest BCUT2D eigenvalue weighted by molar-refractivity contribution is 7.19. The first-order chi connectivity index (χ1) is 8.11. The summed E-state index contributed by atoms with van der Waals surface area (Å²) in [5.41, 5.74) is 7.97. The van der Waals surface area contributed by atoms with Gasteiger partial charge in [0.2, 0.25) is 0 Å². The highest BCUT2D eigenvalue weighted by Crippen LogP contribution is 2.32. The average Bonchev–Trinajstić information content (AvgIpc) is 2.70. The standard InChI is InChI=1S/C12H12N2O2S.H3N/c1-7-4-3-5-8(6-7)10-9(11(15)16-2)14-12(13)17-10;/h3-6H,1-2H3,(H2,13,14);1H3. The third-order valence-electron chi connectivity index (χ3n) is 2.30. The van der Waals surface area contributed by atoms with E-state index in [9.17, 15) is 4.79 Å². The number of nitrogen functional groups attached to an aromatic ring is 1. The van der Waals surface area contributed by atoms with Gasteiger partial charge in [0, 0.05) is 0 Å². The Morgan fingerprint density at radius 2 is 2.17 bits per heavy atom. The van der Waals surface area contributed by atoms with Crippen LogP contribution < -0.4 is 11.9 Å². The van der Waals surface area contributed by atoms with Gasteiger partial charge in [-0.3, -0.25) is 0 Å². The number of aromatic nitrogens is 1. The molecule has 0 radical (unpaired) electrons. The predicted molar refractivity (Wildman–Crippen MR) is 73.1 cm³/mol. The molecule has 0 spiro atoms. The van der Waals surface area contributed by atoms with Gasteiger partial charge in [0.25, 0.3) is 0 Å². The number of carbonyl (C=O) groups is 1. The molecule has 5 N–H and O–H groups in total. The Balaban J connectivity index is 0.00000162. The fourth-order valence-electron chi connectivity index (χ4n) is 1.55. The second-order valence-corrected chi connectivity index (χ2v) is 4.62. The molecule has 96 valence electrons. The molecule has 0 fully saturated rings. The van der Waals surface area contributed by atoms with Gasteiger partial charge in [0.05, 0.1) is 12.0 Å². The summed E-state index contributed by atoms with van der Waals surface area (Å²) in [6, 6.07) is 7.83. The number of rotatable bonds is 2. The van der Waals surface area contributed by atoms with Crippen molar-refractivity contribution in [2.45, 2.75) is 6.92 Å². The van der Waals surface area contributed by atoms with E-state index in [2.05, 4.69) is 4.98 Å². The number of thiazole rings is 1. The quantitative estimate of drug-likeness (QED) is 0.813. The van der Waals surface area contributed by atoms with Crippen LogP contribution in [0.25, 0.3) is 10.4 Å². The summed E-state index contributed by atoms with van der Waals surface area (Å²) < 4.78 is 4.69. The van der Waals surface area contributed by atoms with E-state index < -0.39 is 5.97 Å². The fraction of sp³-hybridized carbons (Fsp3) is 0.167. The Morgan fingerprint density at radius 3 is 2.78 bits per heavy atom. The SMILES string of the molecule is COC(=O)c1nc(N)sc1-c1cccc(C)c1.N. The van der Waals surface area contributed by atoms with Crippen molar-refractivity contribution in [1.82, 2.24) is 11.1 Å². The molecule has 6 heteroatoms. The molecular weight excluding hydrogens is 250 g/mol. The highest BCUT2D eigenvalue weighted by atomic mass is 32.1. The van der Waals surface area contributed by atoms with Crippen molar-refractivity contribution in [3.05, 3.63) is 35.5 Å². The largest absolute Gasteiger partial charge is 0.464 e. The molecule has 2 aromatic rings. The summed E-state index contributed by atoms with van der Waals surface area (Å²) in [7, 11) is 1.33. The van der Waals surface area contributed by atoms with Crippen molar-refractivity contribution in [2.75, 3.05) is 12.8 Å². The van der Waals surface area contributed by atoms with E-state index in [0.29, 0.717) is 5.13 Å². The first kappa shape index (κ1) is 14.1. The molecule has 0 atom stereocenters. The number of nitrogens with zero attached hydrogens (tertiary/aromatic N) is 1. The second kappa shape index (κ2) is 5.61. The van der Waals surface area contributed by atoms with Crippen LogP contribution in [0.1, 0.15) is 16.1 Å². The van der Waals surface area contributed by atoms with E-state index in [1.54, 1.807) is 0 Å². The van der Waals surface area contributed by atoms with Gasteiger partial charge in [-0.1, -0.05) is 41.2 Å². The maximum absolute atomic E-state index is 11.6. The molecule has 0 bridgehead atoms. The zero-order chi connectivity index (χ0) is 12.4. The summed E-state index contributed by atoms with van der Waals surface area (Å²) >= 11 is 1.29. The van der Waals surface area contributed by atoms with Crippen LogP contribution in [0.3, 0.4) is 0 Å². The normalized spacial score (nSPS) is 9.67. The van der Waals surface area contributed by atoms with Crippen LogP contribution >= 0.6 is 11.3 Å². The molecular formula is C12H15N3O2S. The predicted octanol–water partition coefficient (Wildman–Crippen LogP) is 2.65. The molecule has 0 saturated carbocycles. The monoisotopic (exact) mass is 265 g/mol. The smallest absolute Gasteiger partial charge is 0.358 e. The molecule has 2 rings (SSSR count). The van der Waals surface area contributed by atoms with Crippen LogP contribution in [-0.2, 0) is 4.74 Å². The third-order valence-corrected chi connectivity index (χ3v) is 3.24.